The lowest BCUT2D eigenvalue weighted by molar-refractivity contribution is 0.425. The fourth-order valence-electron chi connectivity index (χ4n) is 1.12. The van der Waals surface area contributed by atoms with Crippen molar-refractivity contribution in [3.8, 4) is 0 Å². The van der Waals surface area contributed by atoms with Gasteiger partial charge in [-0.2, -0.15) is 0 Å². The maximum Gasteiger partial charge on any atom is 0.194 e. The van der Waals surface area contributed by atoms with Gasteiger partial charge in [-0.25, -0.2) is 13.2 Å². The summed E-state index contributed by atoms with van der Waals surface area (Å²) in [6.07, 6.45) is 0. The Labute approximate surface area is 89.3 Å². The molecule has 0 saturated carbocycles. The Balaban J connectivity index is 3.31. The van der Waals surface area contributed by atoms with Gasteiger partial charge in [0, 0.05) is 10.7 Å². The predicted octanol–water partition coefficient (Wildman–Crippen LogP) is 3.78. The van der Waals surface area contributed by atoms with Crippen molar-refractivity contribution in [2.24, 2.45) is 0 Å². The largest absolute Gasteiger partial charge is 0.204 e. The van der Waals surface area contributed by atoms with E-state index in [2.05, 4.69) is 15.9 Å². The van der Waals surface area contributed by atoms with E-state index in [0.717, 1.165) is 6.07 Å². The highest BCUT2D eigenvalue weighted by Crippen LogP contribution is 2.29. The summed E-state index contributed by atoms with van der Waals surface area (Å²) in [7, 11) is 0. The smallest absolute Gasteiger partial charge is 0.194 e. The molecule has 0 atom stereocenters. The van der Waals surface area contributed by atoms with Crippen molar-refractivity contribution in [2.75, 3.05) is 5.33 Å². The van der Waals surface area contributed by atoms with Crippen LogP contribution in [0.2, 0.25) is 0 Å². The quantitative estimate of drug-likeness (QED) is 0.565. The van der Waals surface area contributed by atoms with Crippen molar-refractivity contribution < 1.29 is 13.2 Å². The Morgan fingerprint density at radius 2 is 1.71 bits per heavy atom. The predicted molar refractivity (Wildman–Crippen MR) is 53.1 cm³/mol. The van der Waals surface area contributed by atoms with Crippen LogP contribution in [0.5, 0.6) is 0 Å². The Bertz CT molecular complexity index is 347. The molecule has 0 aliphatic rings. The van der Waals surface area contributed by atoms with Crippen LogP contribution in [0.3, 0.4) is 0 Å². The molecule has 0 bridgehead atoms. The van der Waals surface area contributed by atoms with Crippen LogP contribution in [-0.4, -0.2) is 5.33 Å². The van der Waals surface area contributed by atoms with Gasteiger partial charge < -0.3 is 0 Å². The summed E-state index contributed by atoms with van der Waals surface area (Å²) < 4.78 is 38.8. The van der Waals surface area contributed by atoms with Crippen molar-refractivity contribution in [2.45, 2.75) is 19.3 Å². The molecule has 0 aliphatic carbocycles. The molecule has 4 heteroatoms. The molecular weight excluding hydrogens is 257 g/mol. The SMILES string of the molecule is CC(C)(CBr)c1ccc(F)c(F)c1F. The third-order valence-corrected chi connectivity index (χ3v) is 3.50. The Kier molecular flexibility index (Phi) is 3.24. The first-order valence-electron chi connectivity index (χ1n) is 4.10. The van der Waals surface area contributed by atoms with Crippen molar-refractivity contribution in [1.82, 2.24) is 0 Å². The zero-order chi connectivity index (χ0) is 10.9. The minimum atomic E-state index is -1.41. The topological polar surface area (TPSA) is 0 Å². The van der Waals surface area contributed by atoms with Gasteiger partial charge in [0.15, 0.2) is 17.5 Å². The van der Waals surface area contributed by atoms with Gasteiger partial charge in [-0.1, -0.05) is 35.8 Å². The highest BCUT2D eigenvalue weighted by Gasteiger charge is 2.26. The van der Waals surface area contributed by atoms with E-state index in [1.807, 2.05) is 0 Å². The van der Waals surface area contributed by atoms with Gasteiger partial charge in [0.2, 0.25) is 0 Å². The molecule has 78 valence electrons. The molecular formula is C10H10BrF3. The average molecular weight is 267 g/mol. The van der Waals surface area contributed by atoms with Gasteiger partial charge >= 0.3 is 0 Å². The molecule has 0 spiro atoms. The third-order valence-electron chi connectivity index (χ3n) is 2.10. The summed E-state index contributed by atoms with van der Waals surface area (Å²) in [6, 6.07) is 2.22. The second-order valence-corrected chi connectivity index (χ2v) is 4.30. The maximum absolute atomic E-state index is 13.3. The van der Waals surface area contributed by atoms with E-state index >= 15 is 0 Å². The summed E-state index contributed by atoms with van der Waals surface area (Å²) in [5.74, 6) is -3.66. The first-order chi connectivity index (χ1) is 6.40. The number of alkyl halides is 1. The maximum atomic E-state index is 13.3. The molecule has 1 aromatic carbocycles. The van der Waals surface area contributed by atoms with Gasteiger partial charge in [-0.05, 0) is 11.6 Å². The molecule has 0 N–H and O–H groups in total. The van der Waals surface area contributed by atoms with E-state index in [1.54, 1.807) is 13.8 Å². The normalized spacial score (nSPS) is 11.9. The molecule has 1 aromatic rings. The second kappa shape index (κ2) is 3.93. The number of benzene rings is 1. The summed E-state index contributed by atoms with van der Waals surface area (Å²) in [6.45, 7) is 3.50. The van der Waals surface area contributed by atoms with E-state index in [0.29, 0.717) is 5.33 Å². The van der Waals surface area contributed by atoms with Crippen LogP contribution in [-0.2, 0) is 5.41 Å². The van der Waals surface area contributed by atoms with Crippen LogP contribution in [0.15, 0.2) is 12.1 Å². The van der Waals surface area contributed by atoms with Crippen LogP contribution >= 0.6 is 15.9 Å². The molecule has 0 aliphatic heterocycles. The molecule has 1 rings (SSSR count). The lowest BCUT2D eigenvalue weighted by Crippen LogP contribution is -2.21. The highest BCUT2D eigenvalue weighted by atomic mass is 79.9. The van der Waals surface area contributed by atoms with Crippen LogP contribution in [0.4, 0.5) is 13.2 Å². The van der Waals surface area contributed by atoms with Gasteiger partial charge in [0.1, 0.15) is 0 Å². The van der Waals surface area contributed by atoms with E-state index in [9.17, 15) is 13.2 Å². The number of hydrogen-bond acceptors (Lipinski definition) is 0. The third kappa shape index (κ3) is 1.95. The van der Waals surface area contributed by atoms with E-state index in [1.165, 1.54) is 6.07 Å². The van der Waals surface area contributed by atoms with Crippen LogP contribution in [0, 0.1) is 17.5 Å². The molecule has 0 saturated heterocycles. The highest BCUT2D eigenvalue weighted by molar-refractivity contribution is 9.09. The fraction of sp³-hybridized carbons (Fsp3) is 0.400. The molecule has 0 aromatic heterocycles. The number of hydrogen-bond donors (Lipinski definition) is 0. The zero-order valence-corrected chi connectivity index (χ0v) is 9.46. The molecule has 0 unspecified atom stereocenters. The number of halogens is 4. The van der Waals surface area contributed by atoms with Crippen LogP contribution in [0.1, 0.15) is 19.4 Å². The van der Waals surface area contributed by atoms with Crippen molar-refractivity contribution in [3.05, 3.63) is 35.1 Å². The van der Waals surface area contributed by atoms with Gasteiger partial charge in [-0.3, -0.25) is 0 Å². The average Bonchev–Trinajstić information content (AvgIpc) is 2.14. The lowest BCUT2D eigenvalue weighted by Gasteiger charge is -2.22. The van der Waals surface area contributed by atoms with Crippen molar-refractivity contribution in [3.63, 3.8) is 0 Å². The van der Waals surface area contributed by atoms with Crippen molar-refractivity contribution in [1.29, 1.82) is 0 Å². The molecule has 14 heavy (non-hydrogen) atoms. The minimum absolute atomic E-state index is 0.174. The first kappa shape index (κ1) is 11.6. The fourth-order valence-corrected chi connectivity index (χ4v) is 1.42. The lowest BCUT2D eigenvalue weighted by atomic mass is 9.86. The van der Waals surface area contributed by atoms with Gasteiger partial charge in [0.25, 0.3) is 0 Å². The second-order valence-electron chi connectivity index (χ2n) is 3.74. The number of rotatable bonds is 2. The first-order valence-corrected chi connectivity index (χ1v) is 5.22. The zero-order valence-electron chi connectivity index (χ0n) is 7.87. The summed E-state index contributed by atoms with van der Waals surface area (Å²) >= 11 is 3.20. The Morgan fingerprint density at radius 3 is 2.21 bits per heavy atom. The van der Waals surface area contributed by atoms with Gasteiger partial charge in [0.05, 0.1) is 0 Å². The van der Waals surface area contributed by atoms with E-state index in [-0.39, 0.29) is 5.56 Å². The van der Waals surface area contributed by atoms with Gasteiger partial charge in [-0.15, -0.1) is 0 Å². The molecule has 0 heterocycles. The standard InChI is InChI=1S/C10H10BrF3/c1-10(2,5-11)6-3-4-7(12)9(14)8(6)13/h3-4H,5H2,1-2H3. The van der Waals surface area contributed by atoms with Crippen LogP contribution in [0.25, 0.3) is 0 Å². The Morgan fingerprint density at radius 1 is 1.14 bits per heavy atom. The summed E-state index contributed by atoms with van der Waals surface area (Å²) in [4.78, 5) is 0. The monoisotopic (exact) mass is 266 g/mol. The van der Waals surface area contributed by atoms with Crippen LogP contribution < -0.4 is 0 Å². The van der Waals surface area contributed by atoms with E-state index < -0.39 is 22.9 Å². The van der Waals surface area contributed by atoms with Crippen molar-refractivity contribution >= 4 is 15.9 Å². The summed E-state index contributed by atoms with van der Waals surface area (Å²) in [5, 5.41) is 0.474. The molecule has 0 amide bonds. The summed E-state index contributed by atoms with van der Waals surface area (Å²) in [5.41, 5.74) is -0.383. The molecule has 0 radical (unpaired) electrons. The molecule has 0 fully saturated rings. The molecule has 0 nitrogen and oxygen atoms in total. The minimum Gasteiger partial charge on any atom is -0.204 e. The van der Waals surface area contributed by atoms with E-state index in [4.69, 9.17) is 0 Å². The Hall–Kier alpha value is -0.510.